The van der Waals surface area contributed by atoms with E-state index in [0.717, 1.165) is 32.2 Å². The third kappa shape index (κ3) is 1.69. The number of morpholine rings is 1. The van der Waals surface area contributed by atoms with Gasteiger partial charge in [0.25, 0.3) is 5.91 Å². The molecule has 0 bridgehead atoms. The van der Waals surface area contributed by atoms with Crippen LogP contribution in [0.15, 0.2) is 0 Å². The van der Waals surface area contributed by atoms with Gasteiger partial charge in [-0.25, -0.2) is 0 Å². The first-order chi connectivity index (χ1) is 8.09. The fourth-order valence-electron chi connectivity index (χ4n) is 3.13. The summed E-state index contributed by atoms with van der Waals surface area (Å²) in [4.78, 5) is 25.4. The summed E-state index contributed by atoms with van der Waals surface area (Å²) in [5.74, 6) is 0.506. The minimum Gasteiger partial charge on any atom is -0.357 e. The zero-order valence-electron chi connectivity index (χ0n) is 10.3. The van der Waals surface area contributed by atoms with Gasteiger partial charge in [-0.2, -0.15) is 0 Å². The lowest BCUT2D eigenvalue weighted by Gasteiger charge is -2.47. The van der Waals surface area contributed by atoms with Crippen LogP contribution < -0.4 is 0 Å². The smallest absolute Gasteiger partial charge is 0.254 e. The predicted molar refractivity (Wildman–Crippen MR) is 61.5 cm³/mol. The lowest BCUT2D eigenvalue weighted by Crippen LogP contribution is -2.60. The van der Waals surface area contributed by atoms with E-state index in [1.807, 2.05) is 11.8 Å². The summed E-state index contributed by atoms with van der Waals surface area (Å²) >= 11 is 0. The van der Waals surface area contributed by atoms with Crippen molar-refractivity contribution in [1.29, 1.82) is 0 Å². The molecule has 0 unspecified atom stereocenters. The summed E-state index contributed by atoms with van der Waals surface area (Å²) in [6, 6.07) is 0. The van der Waals surface area contributed by atoms with Crippen molar-refractivity contribution < 1.29 is 14.3 Å². The zero-order chi connectivity index (χ0) is 12.1. The van der Waals surface area contributed by atoms with Gasteiger partial charge in [-0.1, -0.05) is 0 Å². The molecule has 0 aromatic heterocycles. The van der Waals surface area contributed by atoms with Crippen molar-refractivity contribution in [2.45, 2.75) is 56.7 Å². The maximum Gasteiger partial charge on any atom is 0.254 e. The quantitative estimate of drug-likeness (QED) is 0.690. The summed E-state index contributed by atoms with van der Waals surface area (Å²) in [6.07, 6.45) is 4.52. The number of rotatable bonds is 1. The van der Waals surface area contributed by atoms with Gasteiger partial charge in [0.15, 0.2) is 0 Å². The molecule has 3 rings (SSSR count). The lowest BCUT2D eigenvalue weighted by molar-refractivity contribution is -0.197. The van der Waals surface area contributed by atoms with Gasteiger partial charge in [0.1, 0.15) is 11.4 Å². The van der Waals surface area contributed by atoms with Crippen LogP contribution in [0, 0.1) is 0 Å². The van der Waals surface area contributed by atoms with Crippen molar-refractivity contribution >= 4 is 11.7 Å². The van der Waals surface area contributed by atoms with Gasteiger partial charge in [0, 0.05) is 25.9 Å². The van der Waals surface area contributed by atoms with E-state index in [1.165, 1.54) is 0 Å². The summed E-state index contributed by atoms with van der Waals surface area (Å²) in [5.41, 5.74) is -0.733. The number of likely N-dealkylation sites (N-methyl/N-ethyl adjacent to an activating group) is 1. The van der Waals surface area contributed by atoms with E-state index in [-0.39, 0.29) is 11.5 Å². The van der Waals surface area contributed by atoms with Gasteiger partial charge in [0.05, 0.1) is 5.60 Å². The van der Waals surface area contributed by atoms with E-state index in [9.17, 15) is 9.59 Å². The highest BCUT2D eigenvalue weighted by Crippen LogP contribution is 2.50. The molecule has 94 valence electrons. The lowest BCUT2D eigenvalue weighted by atomic mass is 9.82. The van der Waals surface area contributed by atoms with Gasteiger partial charge in [-0.3, -0.25) is 9.59 Å². The van der Waals surface area contributed by atoms with Gasteiger partial charge in [-0.05, 0) is 32.6 Å². The number of ketones is 1. The van der Waals surface area contributed by atoms with E-state index < -0.39 is 5.60 Å². The Morgan fingerprint density at radius 2 is 1.82 bits per heavy atom. The number of Topliss-reactive ketones (excluding diaryl/α,β-unsaturated/α-hetero) is 1. The Morgan fingerprint density at radius 3 is 2.35 bits per heavy atom. The summed E-state index contributed by atoms with van der Waals surface area (Å²) in [7, 11) is 0. The van der Waals surface area contributed by atoms with E-state index in [1.54, 1.807) is 0 Å². The molecule has 17 heavy (non-hydrogen) atoms. The van der Waals surface area contributed by atoms with E-state index in [0.29, 0.717) is 25.2 Å². The number of carbonyl (C=O) groups is 2. The Morgan fingerprint density at radius 1 is 1.18 bits per heavy atom. The van der Waals surface area contributed by atoms with Crippen LogP contribution in [0.25, 0.3) is 0 Å². The van der Waals surface area contributed by atoms with Crippen LogP contribution in [0.1, 0.15) is 45.4 Å². The van der Waals surface area contributed by atoms with Crippen LogP contribution in [0.5, 0.6) is 0 Å². The Bertz CT molecular complexity index is 363. The minimum atomic E-state index is -0.505. The van der Waals surface area contributed by atoms with Crippen LogP contribution in [0.2, 0.25) is 0 Å². The van der Waals surface area contributed by atoms with Crippen LogP contribution in [-0.4, -0.2) is 40.9 Å². The molecule has 0 atom stereocenters. The third-order valence-corrected chi connectivity index (χ3v) is 4.37. The monoisotopic (exact) mass is 237 g/mol. The largest absolute Gasteiger partial charge is 0.357 e. The van der Waals surface area contributed by atoms with E-state index >= 15 is 0 Å². The molecule has 4 nitrogen and oxygen atoms in total. The van der Waals surface area contributed by atoms with Crippen LogP contribution in [0.3, 0.4) is 0 Å². The number of hydrogen-bond donors (Lipinski definition) is 0. The molecule has 2 saturated carbocycles. The first kappa shape index (κ1) is 11.2. The number of carbonyl (C=O) groups excluding carboxylic acids is 2. The van der Waals surface area contributed by atoms with Crippen LogP contribution >= 0.6 is 0 Å². The van der Waals surface area contributed by atoms with Crippen LogP contribution in [0.4, 0.5) is 0 Å². The fourth-order valence-corrected chi connectivity index (χ4v) is 3.13. The normalized spacial score (nSPS) is 30.1. The second-order valence-corrected chi connectivity index (χ2v) is 5.64. The topological polar surface area (TPSA) is 46.6 Å². The van der Waals surface area contributed by atoms with Gasteiger partial charge < -0.3 is 9.64 Å². The number of ether oxygens (including phenoxy) is 1. The van der Waals surface area contributed by atoms with Crippen molar-refractivity contribution in [2.75, 3.05) is 13.1 Å². The second-order valence-electron chi connectivity index (χ2n) is 5.64. The summed E-state index contributed by atoms with van der Waals surface area (Å²) in [6.45, 7) is 3.44. The molecular formula is C13H19NO3. The molecule has 2 aliphatic carbocycles. The van der Waals surface area contributed by atoms with Crippen LogP contribution in [-0.2, 0) is 14.3 Å². The highest BCUT2D eigenvalue weighted by Gasteiger charge is 2.61. The highest BCUT2D eigenvalue weighted by atomic mass is 16.5. The van der Waals surface area contributed by atoms with E-state index in [4.69, 9.17) is 4.74 Å². The Labute approximate surface area is 101 Å². The Kier molecular flexibility index (Phi) is 2.34. The summed E-state index contributed by atoms with van der Waals surface area (Å²) in [5, 5.41) is 0. The molecule has 2 spiro atoms. The van der Waals surface area contributed by atoms with Crippen molar-refractivity contribution in [2.24, 2.45) is 0 Å². The third-order valence-electron chi connectivity index (χ3n) is 4.37. The molecule has 0 aromatic rings. The minimum absolute atomic E-state index is 0.169. The molecule has 0 radical (unpaired) electrons. The predicted octanol–water partition coefficient (Wildman–Crippen LogP) is 1.28. The molecule has 1 amide bonds. The number of nitrogens with zero attached hydrogens (tertiary/aromatic N) is 1. The Balaban J connectivity index is 1.82. The van der Waals surface area contributed by atoms with Crippen molar-refractivity contribution in [3.63, 3.8) is 0 Å². The van der Waals surface area contributed by atoms with Gasteiger partial charge >= 0.3 is 0 Å². The first-order valence-corrected chi connectivity index (χ1v) is 6.60. The maximum absolute atomic E-state index is 12.2. The van der Waals surface area contributed by atoms with Crippen molar-refractivity contribution in [3.05, 3.63) is 0 Å². The van der Waals surface area contributed by atoms with Crippen molar-refractivity contribution in [1.82, 2.24) is 4.90 Å². The number of hydrogen-bond acceptors (Lipinski definition) is 3. The second kappa shape index (κ2) is 3.55. The first-order valence-electron chi connectivity index (χ1n) is 6.60. The van der Waals surface area contributed by atoms with E-state index in [2.05, 4.69) is 0 Å². The van der Waals surface area contributed by atoms with Gasteiger partial charge in [-0.15, -0.1) is 0 Å². The average molecular weight is 237 g/mol. The molecule has 3 fully saturated rings. The average Bonchev–Trinajstić information content (AvgIpc) is 3.09. The Hall–Kier alpha value is -0.900. The van der Waals surface area contributed by atoms with Crippen molar-refractivity contribution in [3.8, 4) is 0 Å². The molecule has 0 N–H and O–H groups in total. The standard InChI is InChI=1S/C13H19NO3/c1-2-14-9-12(5-3-10(15)4-6-12)17-13(7-8-13)11(14)16/h2-9H2,1H3. The van der Waals surface area contributed by atoms with Gasteiger partial charge in [0.2, 0.25) is 0 Å². The SMILES string of the molecule is CCN1CC2(CCC(=O)CC2)OC2(CC2)C1=O. The molecule has 1 saturated heterocycles. The molecular weight excluding hydrogens is 218 g/mol. The number of amides is 1. The molecule has 0 aromatic carbocycles. The maximum atomic E-state index is 12.2. The molecule has 3 aliphatic rings. The molecule has 1 heterocycles. The molecule has 4 heteroatoms. The zero-order valence-corrected chi connectivity index (χ0v) is 10.3. The molecule has 1 aliphatic heterocycles. The summed E-state index contributed by atoms with van der Waals surface area (Å²) < 4.78 is 6.16. The fraction of sp³-hybridized carbons (Fsp3) is 0.846. The highest BCUT2D eigenvalue weighted by molar-refractivity contribution is 5.89.